The smallest absolute Gasteiger partial charge is 0.280 e. The summed E-state index contributed by atoms with van der Waals surface area (Å²) in [6.45, 7) is 1.44. The Balaban J connectivity index is 1.52. The van der Waals surface area contributed by atoms with Crippen LogP contribution in [0.25, 0.3) is 38.9 Å². The Hall–Kier alpha value is -3.07. The molecular weight excluding hydrogens is 495 g/mol. The van der Waals surface area contributed by atoms with Gasteiger partial charge in [-0.05, 0) is 37.1 Å². The van der Waals surface area contributed by atoms with Gasteiger partial charge in [-0.2, -0.15) is 5.10 Å². The van der Waals surface area contributed by atoms with Crippen LogP contribution in [-0.2, 0) is 4.74 Å². The lowest BCUT2D eigenvalue weighted by atomic mass is 10.1. The minimum atomic E-state index is -2.79. The number of hydrogen-bond donors (Lipinski definition) is 0. The predicted octanol–water partition coefficient (Wildman–Crippen LogP) is 7.01. The van der Waals surface area contributed by atoms with Gasteiger partial charge in [0.15, 0.2) is 0 Å². The number of halogens is 4. The molecule has 0 spiro atoms. The number of benzene rings is 1. The van der Waals surface area contributed by atoms with Crippen LogP contribution < -0.4 is 0 Å². The molecule has 0 atom stereocenters. The van der Waals surface area contributed by atoms with Gasteiger partial charge >= 0.3 is 0 Å². The molecule has 6 nitrogen and oxygen atoms in total. The highest BCUT2D eigenvalue weighted by Crippen LogP contribution is 2.40. The van der Waals surface area contributed by atoms with Gasteiger partial charge < -0.3 is 4.74 Å². The number of imidazole rings is 1. The zero-order valence-corrected chi connectivity index (χ0v) is 19.8. The van der Waals surface area contributed by atoms with Gasteiger partial charge in [-0.15, -0.1) is 0 Å². The van der Waals surface area contributed by atoms with E-state index in [9.17, 15) is 8.78 Å². The number of hydrogen-bond acceptors (Lipinski definition) is 4. The molecule has 0 aliphatic carbocycles. The SMILES string of the molecule is FC(F)c1c(-c2c(Cl)cccc2Cl)nc2c3cc(-c4cnn(C5CCOCC5)c4)cnc3ccn12. The van der Waals surface area contributed by atoms with E-state index in [1.165, 1.54) is 4.40 Å². The summed E-state index contributed by atoms with van der Waals surface area (Å²) in [5, 5.41) is 5.69. The van der Waals surface area contributed by atoms with Crippen LogP contribution in [0.4, 0.5) is 8.78 Å². The van der Waals surface area contributed by atoms with Crippen molar-refractivity contribution < 1.29 is 13.5 Å². The second kappa shape index (κ2) is 8.86. The van der Waals surface area contributed by atoms with Gasteiger partial charge in [0.1, 0.15) is 17.0 Å². The zero-order chi connectivity index (χ0) is 24.1. The molecule has 0 unspecified atom stereocenters. The van der Waals surface area contributed by atoms with Crippen molar-refractivity contribution in [1.82, 2.24) is 24.1 Å². The van der Waals surface area contributed by atoms with Gasteiger partial charge in [-0.3, -0.25) is 14.1 Å². The molecular formula is C25H19Cl2F2N5O. The van der Waals surface area contributed by atoms with E-state index in [1.54, 1.807) is 42.9 Å². The second-order valence-electron chi connectivity index (χ2n) is 8.46. The normalized spacial score (nSPS) is 15.0. The summed E-state index contributed by atoms with van der Waals surface area (Å²) in [6.07, 6.45) is 6.13. The predicted molar refractivity (Wildman–Crippen MR) is 131 cm³/mol. The third kappa shape index (κ3) is 3.86. The van der Waals surface area contributed by atoms with Crippen molar-refractivity contribution in [3.8, 4) is 22.4 Å². The Labute approximate surface area is 209 Å². The fraction of sp³-hybridized carbons (Fsp3) is 0.240. The van der Waals surface area contributed by atoms with E-state index in [4.69, 9.17) is 27.9 Å². The van der Waals surface area contributed by atoms with E-state index in [0.717, 1.165) is 37.2 Å². The molecule has 1 saturated heterocycles. The first-order valence-corrected chi connectivity index (χ1v) is 11.9. The summed E-state index contributed by atoms with van der Waals surface area (Å²) >= 11 is 12.7. The Bertz CT molecular complexity index is 1540. The Morgan fingerprint density at radius 3 is 2.54 bits per heavy atom. The lowest BCUT2D eigenvalue weighted by molar-refractivity contribution is 0.0662. The van der Waals surface area contributed by atoms with Gasteiger partial charge in [0.05, 0.1) is 27.8 Å². The standard InChI is InChI=1S/C25H19Cl2F2N5O/c26-18-2-1-3-19(27)21(18)22-23(24(28)29)33-7-4-20-17(25(33)32-22)10-14(11-30-20)15-12-31-34(13-15)16-5-8-35-9-6-16/h1-4,7,10-13,16,24H,5-6,8-9H2. The van der Waals surface area contributed by atoms with Gasteiger partial charge in [-0.1, -0.05) is 29.3 Å². The van der Waals surface area contributed by atoms with E-state index >= 15 is 0 Å². The molecule has 0 radical (unpaired) electrons. The van der Waals surface area contributed by atoms with Gasteiger partial charge in [-0.25, -0.2) is 13.8 Å². The lowest BCUT2D eigenvalue weighted by Crippen LogP contribution is -2.19. The lowest BCUT2D eigenvalue weighted by Gasteiger charge is -2.22. The number of aromatic nitrogens is 5. The van der Waals surface area contributed by atoms with Crippen molar-refractivity contribution in [2.75, 3.05) is 13.2 Å². The number of ether oxygens (including phenoxy) is 1. The molecule has 5 aromatic rings. The third-order valence-corrected chi connectivity index (χ3v) is 7.02. The molecule has 10 heteroatoms. The van der Waals surface area contributed by atoms with Crippen LogP contribution >= 0.6 is 23.2 Å². The summed E-state index contributed by atoms with van der Waals surface area (Å²) in [5.74, 6) is 0. The first kappa shape index (κ1) is 22.4. The monoisotopic (exact) mass is 513 g/mol. The number of nitrogens with zero attached hydrogens (tertiary/aromatic N) is 5. The van der Waals surface area contributed by atoms with Crippen LogP contribution in [0.5, 0.6) is 0 Å². The highest BCUT2D eigenvalue weighted by molar-refractivity contribution is 6.39. The van der Waals surface area contributed by atoms with E-state index in [0.29, 0.717) is 22.6 Å². The highest BCUT2D eigenvalue weighted by atomic mass is 35.5. The minimum Gasteiger partial charge on any atom is -0.381 e. The average Bonchev–Trinajstić information content (AvgIpc) is 3.50. The molecule has 0 N–H and O–H groups in total. The van der Waals surface area contributed by atoms with Crippen molar-refractivity contribution in [2.45, 2.75) is 25.3 Å². The summed E-state index contributed by atoms with van der Waals surface area (Å²) in [4.78, 5) is 9.18. The van der Waals surface area contributed by atoms with Crippen LogP contribution in [0.2, 0.25) is 10.0 Å². The first-order valence-electron chi connectivity index (χ1n) is 11.2. The Kier molecular flexibility index (Phi) is 5.67. The molecule has 5 heterocycles. The molecule has 1 aromatic carbocycles. The quantitative estimate of drug-likeness (QED) is 0.259. The molecule has 4 aromatic heterocycles. The maximum absolute atomic E-state index is 14.3. The molecule has 35 heavy (non-hydrogen) atoms. The molecule has 1 aliphatic rings. The molecule has 6 rings (SSSR count). The van der Waals surface area contributed by atoms with Crippen LogP contribution in [0.3, 0.4) is 0 Å². The van der Waals surface area contributed by atoms with Crippen molar-refractivity contribution in [1.29, 1.82) is 0 Å². The van der Waals surface area contributed by atoms with Gasteiger partial charge in [0.25, 0.3) is 6.43 Å². The van der Waals surface area contributed by atoms with Crippen LogP contribution in [0.1, 0.15) is 31.0 Å². The molecule has 0 amide bonds. The maximum Gasteiger partial charge on any atom is 0.280 e. The number of rotatable bonds is 4. The fourth-order valence-corrected chi connectivity index (χ4v) is 5.21. The topological polar surface area (TPSA) is 57.2 Å². The van der Waals surface area contributed by atoms with E-state index in [2.05, 4.69) is 15.1 Å². The molecule has 0 bridgehead atoms. The van der Waals surface area contributed by atoms with E-state index in [-0.39, 0.29) is 27.0 Å². The van der Waals surface area contributed by atoms with Crippen LogP contribution in [0.15, 0.2) is 55.1 Å². The molecule has 1 fully saturated rings. The number of fused-ring (bicyclic) bond motifs is 3. The molecule has 0 saturated carbocycles. The molecule has 178 valence electrons. The van der Waals surface area contributed by atoms with Crippen molar-refractivity contribution >= 4 is 39.8 Å². The molecule has 1 aliphatic heterocycles. The Morgan fingerprint density at radius 2 is 1.80 bits per heavy atom. The maximum atomic E-state index is 14.3. The van der Waals surface area contributed by atoms with Crippen LogP contribution in [-0.4, -0.2) is 37.4 Å². The summed E-state index contributed by atoms with van der Waals surface area (Å²) in [6, 6.07) is 8.78. The van der Waals surface area contributed by atoms with Crippen molar-refractivity contribution in [3.05, 3.63) is 70.9 Å². The largest absolute Gasteiger partial charge is 0.381 e. The third-order valence-electron chi connectivity index (χ3n) is 6.39. The number of pyridine rings is 2. The highest BCUT2D eigenvalue weighted by Gasteiger charge is 2.26. The summed E-state index contributed by atoms with van der Waals surface area (Å²) < 4.78 is 37.4. The zero-order valence-electron chi connectivity index (χ0n) is 18.3. The second-order valence-corrected chi connectivity index (χ2v) is 9.28. The summed E-state index contributed by atoms with van der Waals surface area (Å²) in [5.41, 5.74) is 2.78. The summed E-state index contributed by atoms with van der Waals surface area (Å²) in [7, 11) is 0. The van der Waals surface area contributed by atoms with Crippen molar-refractivity contribution in [2.24, 2.45) is 0 Å². The van der Waals surface area contributed by atoms with Gasteiger partial charge in [0, 0.05) is 53.9 Å². The van der Waals surface area contributed by atoms with E-state index in [1.807, 2.05) is 16.9 Å². The van der Waals surface area contributed by atoms with Crippen molar-refractivity contribution in [3.63, 3.8) is 0 Å². The first-order chi connectivity index (χ1) is 17.0. The minimum absolute atomic E-state index is 0.0563. The fourth-order valence-electron chi connectivity index (χ4n) is 4.63. The number of alkyl halides is 2. The average molecular weight is 514 g/mol. The Morgan fingerprint density at radius 1 is 1.03 bits per heavy atom. The van der Waals surface area contributed by atoms with Gasteiger partial charge in [0.2, 0.25) is 0 Å². The van der Waals surface area contributed by atoms with E-state index < -0.39 is 6.43 Å². The van der Waals surface area contributed by atoms with Crippen LogP contribution in [0, 0.1) is 0 Å².